The van der Waals surface area contributed by atoms with E-state index in [1.807, 2.05) is 36.4 Å². The van der Waals surface area contributed by atoms with E-state index in [1.165, 1.54) is 0 Å². The molecule has 1 N–H and O–H groups in total. The summed E-state index contributed by atoms with van der Waals surface area (Å²) >= 11 is 0. The molecule has 1 heterocycles. The van der Waals surface area contributed by atoms with E-state index >= 15 is 0 Å². The summed E-state index contributed by atoms with van der Waals surface area (Å²) in [6, 6.07) is 11.3. The van der Waals surface area contributed by atoms with Crippen molar-refractivity contribution in [3.05, 3.63) is 47.5 Å². The Morgan fingerprint density at radius 3 is 2.56 bits per heavy atom. The molecular weight excluding hydrogens is 348 g/mol. The number of methoxy groups -OCH3 is 2. The number of urea groups is 1. The number of likely N-dealkylation sites (N-methyl/N-ethyl adjacent to an activating group) is 1. The minimum atomic E-state index is -0.131. The van der Waals surface area contributed by atoms with E-state index < -0.39 is 0 Å². The van der Waals surface area contributed by atoms with Gasteiger partial charge in [-0.3, -0.25) is 0 Å². The van der Waals surface area contributed by atoms with Gasteiger partial charge in [0.25, 0.3) is 0 Å². The third kappa shape index (κ3) is 4.55. The molecule has 7 heteroatoms. The highest BCUT2D eigenvalue weighted by Crippen LogP contribution is 2.32. The maximum Gasteiger partial charge on any atom is 0.317 e. The molecule has 0 saturated carbocycles. The van der Waals surface area contributed by atoms with Gasteiger partial charge in [-0.1, -0.05) is 12.1 Å². The Hall–Kier alpha value is -3.09. The lowest BCUT2D eigenvalue weighted by Crippen LogP contribution is -2.37. The molecule has 0 aliphatic carbocycles. The molecule has 144 valence electrons. The summed E-state index contributed by atoms with van der Waals surface area (Å²) in [6.45, 7) is 1.25. The van der Waals surface area contributed by atoms with Crippen molar-refractivity contribution in [3.63, 3.8) is 0 Å². The van der Waals surface area contributed by atoms with Crippen molar-refractivity contribution in [3.8, 4) is 23.0 Å². The summed E-state index contributed by atoms with van der Waals surface area (Å²) in [4.78, 5) is 14.0. The van der Waals surface area contributed by atoms with Gasteiger partial charge in [-0.25, -0.2) is 4.79 Å². The summed E-state index contributed by atoms with van der Waals surface area (Å²) in [7, 11) is 4.99. The molecule has 2 aromatic carbocycles. The third-order valence-electron chi connectivity index (χ3n) is 4.41. The number of hydrogen-bond acceptors (Lipinski definition) is 5. The minimum Gasteiger partial charge on any atom is -0.493 e. The predicted molar refractivity (Wildman–Crippen MR) is 101 cm³/mol. The third-order valence-corrected chi connectivity index (χ3v) is 4.41. The molecule has 2 aromatic rings. The van der Waals surface area contributed by atoms with Crippen LogP contribution < -0.4 is 24.3 Å². The second kappa shape index (κ2) is 8.53. The van der Waals surface area contributed by atoms with Gasteiger partial charge in [-0.2, -0.15) is 0 Å². The average molecular weight is 372 g/mol. The van der Waals surface area contributed by atoms with Crippen LogP contribution in [0.1, 0.15) is 11.1 Å². The minimum absolute atomic E-state index is 0.131. The van der Waals surface area contributed by atoms with Gasteiger partial charge in [-0.15, -0.1) is 0 Å². The second-order valence-corrected chi connectivity index (χ2v) is 6.21. The molecule has 0 fully saturated rings. The Morgan fingerprint density at radius 2 is 1.78 bits per heavy atom. The summed E-state index contributed by atoms with van der Waals surface area (Å²) in [5, 5.41) is 2.91. The number of ether oxygens (including phenoxy) is 4. The molecule has 3 rings (SSSR count). The zero-order chi connectivity index (χ0) is 19.2. The first kappa shape index (κ1) is 18.7. The highest BCUT2D eigenvalue weighted by molar-refractivity contribution is 5.73. The van der Waals surface area contributed by atoms with Gasteiger partial charge in [0.1, 0.15) is 0 Å². The SMILES string of the molecule is COc1ccc(CCN(C)C(=O)NCc2ccc3c(c2)OCO3)cc1OC. The Morgan fingerprint density at radius 1 is 1.04 bits per heavy atom. The van der Waals surface area contributed by atoms with Crippen LogP contribution in [0.4, 0.5) is 4.79 Å². The molecule has 0 aromatic heterocycles. The van der Waals surface area contributed by atoms with Crippen LogP contribution in [0, 0.1) is 0 Å². The molecule has 1 aliphatic rings. The molecule has 27 heavy (non-hydrogen) atoms. The molecule has 1 aliphatic heterocycles. The fourth-order valence-electron chi connectivity index (χ4n) is 2.80. The monoisotopic (exact) mass is 372 g/mol. The van der Waals surface area contributed by atoms with Crippen molar-refractivity contribution in [1.82, 2.24) is 10.2 Å². The lowest BCUT2D eigenvalue weighted by molar-refractivity contribution is 0.174. The van der Waals surface area contributed by atoms with Crippen molar-refractivity contribution < 1.29 is 23.7 Å². The van der Waals surface area contributed by atoms with Crippen LogP contribution in [-0.4, -0.2) is 45.5 Å². The molecule has 0 unspecified atom stereocenters. The van der Waals surface area contributed by atoms with Crippen LogP contribution >= 0.6 is 0 Å². The summed E-state index contributed by atoms with van der Waals surface area (Å²) in [6.07, 6.45) is 0.717. The predicted octanol–water partition coefficient (Wildman–Crippen LogP) is 2.82. The summed E-state index contributed by atoms with van der Waals surface area (Å²) < 4.78 is 21.2. The van der Waals surface area contributed by atoms with Gasteiger partial charge in [-0.05, 0) is 41.8 Å². The van der Waals surface area contributed by atoms with Crippen LogP contribution in [0.5, 0.6) is 23.0 Å². The van der Waals surface area contributed by atoms with Gasteiger partial charge in [0, 0.05) is 20.1 Å². The summed E-state index contributed by atoms with van der Waals surface area (Å²) in [5.41, 5.74) is 2.03. The molecule has 2 amide bonds. The standard InChI is InChI=1S/C20H24N2O5/c1-22(9-8-14-4-6-16(24-2)18(10-14)25-3)20(23)21-12-15-5-7-17-19(11-15)27-13-26-17/h4-7,10-11H,8-9,12-13H2,1-3H3,(H,21,23). The van der Waals surface area contributed by atoms with Crippen LogP contribution in [0.3, 0.4) is 0 Å². The molecule has 0 saturated heterocycles. The maximum absolute atomic E-state index is 12.3. The van der Waals surface area contributed by atoms with Gasteiger partial charge >= 0.3 is 6.03 Å². The van der Waals surface area contributed by atoms with Crippen molar-refractivity contribution in [2.24, 2.45) is 0 Å². The number of hydrogen-bond donors (Lipinski definition) is 1. The van der Waals surface area contributed by atoms with E-state index in [-0.39, 0.29) is 12.8 Å². The Balaban J connectivity index is 1.49. The number of benzene rings is 2. The number of carbonyl (C=O) groups excluding carboxylic acids is 1. The number of rotatable bonds is 7. The first-order valence-corrected chi connectivity index (χ1v) is 8.69. The van der Waals surface area contributed by atoms with E-state index in [2.05, 4.69) is 5.32 Å². The van der Waals surface area contributed by atoms with Gasteiger partial charge in [0.2, 0.25) is 6.79 Å². The number of fused-ring (bicyclic) bond motifs is 1. The van der Waals surface area contributed by atoms with Crippen molar-refractivity contribution in [1.29, 1.82) is 0 Å². The molecule has 0 atom stereocenters. The van der Waals surface area contributed by atoms with Crippen LogP contribution in [0.15, 0.2) is 36.4 Å². The molecule has 0 spiro atoms. The molecule has 7 nitrogen and oxygen atoms in total. The van der Waals surface area contributed by atoms with E-state index in [9.17, 15) is 4.79 Å². The quantitative estimate of drug-likeness (QED) is 0.809. The average Bonchev–Trinajstić information content (AvgIpc) is 3.17. The van der Waals surface area contributed by atoms with Crippen molar-refractivity contribution in [2.45, 2.75) is 13.0 Å². The lowest BCUT2D eigenvalue weighted by Gasteiger charge is -2.18. The number of carbonyl (C=O) groups is 1. The topological polar surface area (TPSA) is 69.3 Å². The van der Waals surface area contributed by atoms with E-state index in [1.54, 1.807) is 26.2 Å². The fraction of sp³-hybridized carbons (Fsp3) is 0.350. The number of amides is 2. The molecule has 0 bridgehead atoms. The van der Waals surface area contributed by atoms with Crippen molar-refractivity contribution >= 4 is 6.03 Å². The first-order chi connectivity index (χ1) is 13.1. The molecule has 0 radical (unpaired) electrons. The second-order valence-electron chi connectivity index (χ2n) is 6.21. The van der Waals surface area contributed by atoms with Crippen LogP contribution in [0.25, 0.3) is 0 Å². The Kier molecular flexibility index (Phi) is 5.90. The van der Waals surface area contributed by atoms with Gasteiger partial charge in [0.15, 0.2) is 23.0 Å². The van der Waals surface area contributed by atoms with Crippen LogP contribution in [0.2, 0.25) is 0 Å². The van der Waals surface area contributed by atoms with E-state index in [0.29, 0.717) is 36.8 Å². The van der Waals surface area contributed by atoms with E-state index in [0.717, 1.165) is 16.9 Å². The maximum atomic E-state index is 12.3. The number of nitrogens with zero attached hydrogens (tertiary/aromatic N) is 1. The van der Waals surface area contributed by atoms with E-state index in [4.69, 9.17) is 18.9 Å². The summed E-state index contributed by atoms with van der Waals surface area (Å²) in [5.74, 6) is 2.82. The highest BCUT2D eigenvalue weighted by Gasteiger charge is 2.14. The Bertz CT molecular complexity index is 809. The highest BCUT2D eigenvalue weighted by atomic mass is 16.7. The Labute approximate surface area is 158 Å². The largest absolute Gasteiger partial charge is 0.493 e. The first-order valence-electron chi connectivity index (χ1n) is 8.69. The lowest BCUT2D eigenvalue weighted by atomic mass is 10.1. The van der Waals surface area contributed by atoms with Gasteiger partial charge < -0.3 is 29.2 Å². The van der Waals surface area contributed by atoms with Crippen LogP contribution in [-0.2, 0) is 13.0 Å². The normalized spacial score (nSPS) is 11.8. The number of nitrogens with one attached hydrogen (secondary N) is 1. The van der Waals surface area contributed by atoms with Crippen molar-refractivity contribution in [2.75, 3.05) is 34.6 Å². The zero-order valence-electron chi connectivity index (χ0n) is 15.8. The smallest absolute Gasteiger partial charge is 0.317 e. The van der Waals surface area contributed by atoms with Gasteiger partial charge in [0.05, 0.1) is 14.2 Å². The molecular formula is C20H24N2O5. The zero-order valence-corrected chi connectivity index (χ0v) is 15.8. The fourth-order valence-corrected chi connectivity index (χ4v) is 2.80.